The largest absolute Gasteiger partial charge is 0.491 e. The van der Waals surface area contributed by atoms with Crippen molar-refractivity contribution in [2.45, 2.75) is 33.2 Å². The van der Waals surface area contributed by atoms with E-state index in [2.05, 4.69) is 28.9 Å². The van der Waals surface area contributed by atoms with Gasteiger partial charge < -0.3 is 14.6 Å². The van der Waals surface area contributed by atoms with Crippen molar-refractivity contribution in [3.8, 4) is 5.75 Å². The maximum atomic E-state index is 12.4. The van der Waals surface area contributed by atoms with Gasteiger partial charge in [0.25, 0.3) is 5.91 Å². The number of amides is 1. The van der Waals surface area contributed by atoms with Crippen molar-refractivity contribution in [1.29, 1.82) is 0 Å². The number of rotatable bonds is 9. The Morgan fingerprint density at radius 3 is 2.47 bits per heavy atom. The Hall–Kier alpha value is -3.60. The molecule has 0 unspecified atom stereocenters. The van der Waals surface area contributed by atoms with Crippen LogP contribution < -0.4 is 10.1 Å². The molecule has 1 N–H and O–H groups in total. The van der Waals surface area contributed by atoms with Crippen LogP contribution in [0.2, 0.25) is 0 Å². The third-order valence-electron chi connectivity index (χ3n) is 5.65. The van der Waals surface area contributed by atoms with E-state index in [0.29, 0.717) is 13.2 Å². The highest BCUT2D eigenvalue weighted by Crippen LogP contribution is 2.19. The van der Waals surface area contributed by atoms with Crippen molar-refractivity contribution in [2.75, 3.05) is 13.2 Å². The van der Waals surface area contributed by atoms with Crippen LogP contribution in [0.1, 0.15) is 33.7 Å². The number of aromatic nitrogens is 2. The molecule has 1 aromatic heterocycles. The topological polar surface area (TPSA) is 56.1 Å². The molecular weight excluding hydrogens is 398 g/mol. The molecule has 32 heavy (non-hydrogen) atoms. The number of hydrogen-bond donors (Lipinski definition) is 1. The molecule has 0 saturated heterocycles. The van der Waals surface area contributed by atoms with Crippen molar-refractivity contribution >= 4 is 16.9 Å². The molecule has 4 aromatic rings. The van der Waals surface area contributed by atoms with Gasteiger partial charge in [-0.25, -0.2) is 4.98 Å². The zero-order valence-corrected chi connectivity index (χ0v) is 18.7. The average Bonchev–Trinajstić information content (AvgIpc) is 3.15. The minimum atomic E-state index is -0.0248. The average molecular weight is 428 g/mol. The fraction of sp³-hybridized carbons (Fsp3) is 0.259. The number of imidazole rings is 1. The molecule has 3 aromatic carbocycles. The normalized spacial score (nSPS) is 10.9. The van der Waals surface area contributed by atoms with Crippen LogP contribution in [0.15, 0.2) is 72.8 Å². The van der Waals surface area contributed by atoms with E-state index in [9.17, 15) is 4.79 Å². The van der Waals surface area contributed by atoms with E-state index in [-0.39, 0.29) is 5.91 Å². The minimum Gasteiger partial charge on any atom is -0.491 e. The Morgan fingerprint density at radius 1 is 0.938 bits per heavy atom. The summed E-state index contributed by atoms with van der Waals surface area (Å²) in [7, 11) is 0. The SMILES string of the molecule is Cc1ccccc1OCCn1c(CCCNC(=O)c2ccccc2C)nc2ccccc21. The first-order chi connectivity index (χ1) is 15.6. The Balaban J connectivity index is 1.38. The summed E-state index contributed by atoms with van der Waals surface area (Å²) < 4.78 is 8.26. The van der Waals surface area contributed by atoms with Crippen molar-refractivity contribution in [3.05, 3.63) is 95.3 Å². The molecule has 0 radical (unpaired) electrons. The Kier molecular flexibility index (Phi) is 6.85. The zero-order chi connectivity index (χ0) is 22.3. The fourth-order valence-corrected chi connectivity index (χ4v) is 3.90. The van der Waals surface area contributed by atoms with Crippen LogP contribution in [-0.2, 0) is 13.0 Å². The molecule has 0 atom stereocenters. The lowest BCUT2D eigenvalue weighted by Gasteiger charge is -2.12. The first-order valence-electron chi connectivity index (χ1n) is 11.1. The summed E-state index contributed by atoms with van der Waals surface area (Å²) in [4.78, 5) is 17.3. The smallest absolute Gasteiger partial charge is 0.251 e. The van der Waals surface area contributed by atoms with Gasteiger partial charge in [0, 0.05) is 18.5 Å². The number of benzene rings is 3. The molecule has 0 aliphatic heterocycles. The van der Waals surface area contributed by atoms with Crippen LogP contribution >= 0.6 is 0 Å². The van der Waals surface area contributed by atoms with Gasteiger partial charge in [0.05, 0.1) is 17.6 Å². The number of carbonyl (C=O) groups excluding carboxylic acids is 1. The maximum Gasteiger partial charge on any atom is 0.251 e. The lowest BCUT2D eigenvalue weighted by Crippen LogP contribution is -2.25. The molecule has 0 saturated carbocycles. The summed E-state index contributed by atoms with van der Waals surface area (Å²) in [6.45, 7) is 5.91. The lowest BCUT2D eigenvalue weighted by molar-refractivity contribution is 0.0952. The van der Waals surface area contributed by atoms with Gasteiger partial charge in [-0.1, -0.05) is 48.5 Å². The zero-order valence-electron chi connectivity index (χ0n) is 18.7. The van der Waals surface area contributed by atoms with Gasteiger partial charge in [0.1, 0.15) is 18.2 Å². The second-order valence-corrected chi connectivity index (χ2v) is 7.96. The standard InChI is InChI=1S/C27H29N3O2/c1-20-10-3-5-12-22(20)27(31)28-17-9-16-26-29-23-13-6-7-14-24(23)30(26)18-19-32-25-15-8-4-11-21(25)2/h3-8,10-15H,9,16-19H2,1-2H3,(H,28,31). The molecule has 0 aliphatic rings. The second-order valence-electron chi connectivity index (χ2n) is 7.96. The van der Waals surface area contributed by atoms with Gasteiger partial charge in [0.2, 0.25) is 0 Å². The van der Waals surface area contributed by atoms with Gasteiger partial charge in [0.15, 0.2) is 0 Å². The second kappa shape index (κ2) is 10.1. The predicted molar refractivity (Wildman–Crippen MR) is 128 cm³/mol. The molecule has 0 fully saturated rings. The van der Waals surface area contributed by atoms with Gasteiger partial charge in [-0.3, -0.25) is 4.79 Å². The predicted octanol–water partition coefficient (Wildman–Crippen LogP) is 5.09. The van der Waals surface area contributed by atoms with Crippen LogP contribution in [0.3, 0.4) is 0 Å². The lowest BCUT2D eigenvalue weighted by atomic mass is 10.1. The number of aryl methyl sites for hydroxylation is 3. The quantitative estimate of drug-likeness (QED) is 0.378. The molecule has 0 aliphatic carbocycles. The summed E-state index contributed by atoms with van der Waals surface area (Å²) in [5.74, 6) is 1.91. The number of nitrogens with zero attached hydrogens (tertiary/aromatic N) is 2. The summed E-state index contributed by atoms with van der Waals surface area (Å²) in [5.41, 5.74) is 4.95. The summed E-state index contributed by atoms with van der Waals surface area (Å²) in [6.07, 6.45) is 1.60. The molecule has 1 amide bonds. The summed E-state index contributed by atoms with van der Waals surface area (Å²) in [6, 6.07) is 23.9. The maximum absolute atomic E-state index is 12.4. The van der Waals surface area contributed by atoms with E-state index in [0.717, 1.165) is 58.7 Å². The van der Waals surface area contributed by atoms with Gasteiger partial charge in [-0.2, -0.15) is 0 Å². The van der Waals surface area contributed by atoms with E-state index in [1.807, 2.05) is 67.6 Å². The van der Waals surface area contributed by atoms with Crippen molar-refractivity contribution in [3.63, 3.8) is 0 Å². The number of fused-ring (bicyclic) bond motifs is 1. The van der Waals surface area contributed by atoms with E-state index >= 15 is 0 Å². The van der Waals surface area contributed by atoms with E-state index < -0.39 is 0 Å². The molecule has 4 rings (SSSR count). The van der Waals surface area contributed by atoms with Crippen LogP contribution in [0.4, 0.5) is 0 Å². The first-order valence-corrected chi connectivity index (χ1v) is 11.1. The van der Waals surface area contributed by atoms with Gasteiger partial charge in [-0.15, -0.1) is 0 Å². The molecular formula is C27H29N3O2. The highest BCUT2D eigenvalue weighted by molar-refractivity contribution is 5.95. The van der Waals surface area contributed by atoms with Crippen LogP contribution in [0.25, 0.3) is 11.0 Å². The minimum absolute atomic E-state index is 0.0248. The Morgan fingerprint density at radius 2 is 1.66 bits per heavy atom. The van der Waals surface area contributed by atoms with Crippen LogP contribution in [0.5, 0.6) is 5.75 Å². The number of carbonyl (C=O) groups is 1. The molecule has 164 valence electrons. The summed E-state index contributed by atoms with van der Waals surface area (Å²) >= 11 is 0. The molecule has 5 nitrogen and oxygen atoms in total. The van der Waals surface area contributed by atoms with Crippen LogP contribution in [-0.4, -0.2) is 28.6 Å². The number of para-hydroxylation sites is 3. The summed E-state index contributed by atoms with van der Waals surface area (Å²) in [5, 5.41) is 3.03. The third kappa shape index (κ3) is 4.99. The van der Waals surface area contributed by atoms with Gasteiger partial charge in [-0.05, 0) is 55.7 Å². The van der Waals surface area contributed by atoms with E-state index in [1.165, 1.54) is 0 Å². The molecule has 0 bridgehead atoms. The monoisotopic (exact) mass is 427 g/mol. The van der Waals surface area contributed by atoms with Gasteiger partial charge >= 0.3 is 0 Å². The van der Waals surface area contributed by atoms with Crippen LogP contribution in [0, 0.1) is 13.8 Å². The third-order valence-corrected chi connectivity index (χ3v) is 5.65. The highest BCUT2D eigenvalue weighted by atomic mass is 16.5. The highest BCUT2D eigenvalue weighted by Gasteiger charge is 2.12. The number of hydrogen-bond acceptors (Lipinski definition) is 3. The molecule has 0 spiro atoms. The molecule has 5 heteroatoms. The Labute approximate surface area is 189 Å². The van der Waals surface area contributed by atoms with Crippen molar-refractivity contribution < 1.29 is 9.53 Å². The first kappa shape index (κ1) is 21.6. The molecule has 1 heterocycles. The van der Waals surface area contributed by atoms with Crippen molar-refractivity contribution in [1.82, 2.24) is 14.9 Å². The number of nitrogens with one attached hydrogen (secondary N) is 1. The van der Waals surface area contributed by atoms with Crippen molar-refractivity contribution in [2.24, 2.45) is 0 Å². The Bertz CT molecular complexity index is 1210. The van der Waals surface area contributed by atoms with E-state index in [4.69, 9.17) is 9.72 Å². The van der Waals surface area contributed by atoms with E-state index in [1.54, 1.807) is 0 Å². The fourth-order valence-electron chi connectivity index (χ4n) is 3.90. The number of ether oxygens (including phenoxy) is 1.